The van der Waals surface area contributed by atoms with Gasteiger partial charge in [0.1, 0.15) is 10.6 Å². The predicted octanol–water partition coefficient (Wildman–Crippen LogP) is 1.84. The summed E-state index contributed by atoms with van der Waals surface area (Å²) in [7, 11) is -11.8. The third-order valence-corrected chi connectivity index (χ3v) is 8.72. The number of amides is 1. The maximum atomic E-state index is 12.8. The quantitative estimate of drug-likeness (QED) is 0.0891. The van der Waals surface area contributed by atoms with Crippen molar-refractivity contribution in [3.05, 3.63) is 54.1 Å². The van der Waals surface area contributed by atoms with E-state index in [-0.39, 0.29) is 38.4 Å². The van der Waals surface area contributed by atoms with Gasteiger partial charge >= 0.3 is 0 Å². The van der Waals surface area contributed by atoms with Crippen LogP contribution in [0.3, 0.4) is 0 Å². The molecule has 39 heavy (non-hydrogen) atoms. The van der Waals surface area contributed by atoms with Crippen LogP contribution in [0.2, 0.25) is 0 Å². The summed E-state index contributed by atoms with van der Waals surface area (Å²) < 4.78 is 90.5. The van der Waals surface area contributed by atoms with Gasteiger partial charge in [-0.3, -0.25) is 13.5 Å². The van der Waals surface area contributed by atoms with E-state index < -0.39 is 54.3 Å². The molecule has 0 aromatic heterocycles. The number of primary amides is 1. The largest absolute Gasteiger partial charge is 0.399 e. The number of nitrogens with two attached hydrogens (primary N) is 2. The summed E-state index contributed by atoms with van der Waals surface area (Å²) in [5, 5.41) is 8.42. The van der Waals surface area contributed by atoms with Crippen LogP contribution in [0.25, 0.3) is 10.8 Å². The van der Waals surface area contributed by atoms with Crippen molar-refractivity contribution in [1.29, 1.82) is 0 Å². The van der Waals surface area contributed by atoms with Gasteiger partial charge in [0, 0.05) is 11.1 Å². The van der Waals surface area contributed by atoms with Gasteiger partial charge in [-0.2, -0.15) is 21.9 Å². The lowest BCUT2D eigenvalue weighted by Gasteiger charge is -2.11. The molecule has 5 N–H and O–H groups in total. The fourth-order valence-corrected chi connectivity index (χ4v) is 5.95. The van der Waals surface area contributed by atoms with Crippen molar-refractivity contribution in [2.75, 3.05) is 31.1 Å². The van der Waals surface area contributed by atoms with Gasteiger partial charge in [0.05, 0.1) is 36.5 Å². The first-order valence-electron chi connectivity index (χ1n) is 10.8. The highest BCUT2D eigenvalue weighted by molar-refractivity contribution is 7.91. The smallest absolute Gasteiger partial charge is 0.299 e. The zero-order chi connectivity index (χ0) is 29.0. The molecule has 0 unspecified atom stereocenters. The first kappa shape index (κ1) is 30.1. The lowest BCUT2D eigenvalue weighted by Crippen LogP contribution is -2.16. The van der Waals surface area contributed by atoms with Crippen LogP contribution >= 0.6 is 0 Å². The first-order valence-corrected chi connectivity index (χ1v) is 15.5. The maximum absolute atomic E-state index is 12.8. The highest BCUT2D eigenvalue weighted by atomic mass is 32.2. The summed E-state index contributed by atoms with van der Waals surface area (Å²) >= 11 is 0. The number of azo groups is 1. The number of fused-ring (bicyclic) bond motifs is 1. The monoisotopic (exact) mass is 600 g/mol. The number of ether oxygens (including phenoxy) is 1. The topological polar surface area (TPSA) is 235 Å². The number of benzene rings is 3. The molecule has 0 saturated carbocycles. The average Bonchev–Trinajstić information content (AvgIpc) is 2.84. The lowest BCUT2D eigenvalue weighted by molar-refractivity contribution is -0.117. The van der Waals surface area contributed by atoms with Crippen molar-refractivity contribution in [3.63, 3.8) is 0 Å². The molecule has 1 amide bonds. The van der Waals surface area contributed by atoms with E-state index in [1.54, 1.807) is 0 Å². The molecule has 0 aliphatic rings. The van der Waals surface area contributed by atoms with E-state index in [9.17, 15) is 30.0 Å². The van der Waals surface area contributed by atoms with Crippen molar-refractivity contribution in [3.8, 4) is 0 Å². The third-order valence-electron chi connectivity index (χ3n) is 5.21. The molecular formula is C22H24N4O10S3. The van der Waals surface area contributed by atoms with Crippen LogP contribution in [0.1, 0.15) is 5.56 Å². The number of carbonyl (C=O) groups excluding carboxylic acids is 1. The van der Waals surface area contributed by atoms with Gasteiger partial charge in [-0.1, -0.05) is 12.1 Å². The molecule has 3 aromatic carbocycles. The predicted molar refractivity (Wildman–Crippen MR) is 140 cm³/mol. The third kappa shape index (κ3) is 7.78. The molecule has 17 heteroatoms. The zero-order valence-corrected chi connectivity index (χ0v) is 22.8. The molecule has 0 atom stereocenters. The molecular weight excluding hydrogens is 576 g/mol. The van der Waals surface area contributed by atoms with Gasteiger partial charge in [-0.25, -0.2) is 8.42 Å². The SMILES string of the molecule is COS(=O)(=O)c1c(N=Nc2ccc(N)cc2CC(N)=O)ccc2cc(S(=O)(=O)CCOCS(=O)(=O)O)ccc12. The van der Waals surface area contributed by atoms with E-state index in [0.29, 0.717) is 11.3 Å². The number of sulfone groups is 1. The molecule has 14 nitrogen and oxygen atoms in total. The van der Waals surface area contributed by atoms with Gasteiger partial charge in [0.15, 0.2) is 15.8 Å². The summed E-state index contributed by atoms with van der Waals surface area (Å²) in [5.41, 5.74) is 11.9. The number of hydrogen-bond acceptors (Lipinski definition) is 12. The van der Waals surface area contributed by atoms with E-state index in [2.05, 4.69) is 15.0 Å². The fourth-order valence-electron chi connectivity index (χ4n) is 3.48. The second-order valence-corrected chi connectivity index (χ2v) is 13.2. The van der Waals surface area contributed by atoms with E-state index in [1.807, 2.05) is 0 Å². The van der Waals surface area contributed by atoms with E-state index >= 15 is 0 Å². The summed E-state index contributed by atoms with van der Waals surface area (Å²) in [6.07, 6.45) is -0.182. The molecule has 0 heterocycles. The van der Waals surface area contributed by atoms with Crippen LogP contribution in [0.5, 0.6) is 0 Å². The maximum Gasteiger partial charge on any atom is 0.299 e. The molecule has 0 fully saturated rings. The van der Waals surface area contributed by atoms with Crippen LogP contribution in [0.4, 0.5) is 17.1 Å². The van der Waals surface area contributed by atoms with Gasteiger partial charge in [-0.05, 0) is 47.3 Å². The molecule has 0 aliphatic carbocycles. The first-order chi connectivity index (χ1) is 18.1. The van der Waals surface area contributed by atoms with Crippen LogP contribution in [0.15, 0.2) is 68.6 Å². The minimum absolute atomic E-state index is 0.0875. The molecule has 0 aliphatic heterocycles. The normalized spacial score (nSPS) is 12.8. The average molecular weight is 601 g/mol. The molecule has 0 saturated heterocycles. The Labute approximate surface area is 224 Å². The molecule has 0 bridgehead atoms. The lowest BCUT2D eigenvalue weighted by atomic mass is 10.1. The van der Waals surface area contributed by atoms with Crippen LogP contribution in [0, 0.1) is 0 Å². The minimum Gasteiger partial charge on any atom is -0.399 e. The standard InChI is InChI=1S/C22H24N4O10S3/c1-35-39(33,34)22-18-5-4-17(37(28,29)9-8-36-13-38(30,31)32)11-14(18)2-6-20(22)26-25-19-7-3-16(23)10-15(19)12-21(24)27/h2-7,10-11H,8-9,12-13,23H2,1H3,(H2,24,27)(H,30,31,32). The number of carbonyl (C=O) groups is 1. The molecule has 3 aromatic rings. The highest BCUT2D eigenvalue weighted by Gasteiger charge is 2.24. The van der Waals surface area contributed by atoms with Gasteiger partial charge in [-0.15, -0.1) is 5.11 Å². The second-order valence-electron chi connectivity index (χ2n) is 8.08. The Morgan fingerprint density at radius 3 is 2.26 bits per heavy atom. The van der Waals surface area contributed by atoms with E-state index in [4.69, 9.17) is 20.2 Å². The van der Waals surface area contributed by atoms with Crippen molar-refractivity contribution in [2.24, 2.45) is 16.0 Å². The van der Waals surface area contributed by atoms with Crippen molar-refractivity contribution in [2.45, 2.75) is 16.2 Å². The Morgan fingerprint density at radius 1 is 0.949 bits per heavy atom. The van der Waals surface area contributed by atoms with Gasteiger partial charge < -0.3 is 16.2 Å². The second kappa shape index (κ2) is 11.7. The van der Waals surface area contributed by atoms with Crippen molar-refractivity contribution >= 4 is 63.8 Å². The molecule has 3 rings (SSSR count). The zero-order valence-electron chi connectivity index (χ0n) is 20.3. The number of nitrogens with zero attached hydrogens (tertiary/aromatic N) is 2. The number of nitrogen functional groups attached to an aromatic ring is 1. The Hall–Kier alpha value is -3.48. The van der Waals surface area contributed by atoms with Crippen LogP contribution in [-0.2, 0) is 50.2 Å². The van der Waals surface area contributed by atoms with Gasteiger partial charge in [0.25, 0.3) is 20.2 Å². The Morgan fingerprint density at radius 2 is 1.62 bits per heavy atom. The van der Waals surface area contributed by atoms with Crippen molar-refractivity contribution in [1.82, 2.24) is 0 Å². The Bertz CT molecular complexity index is 1770. The van der Waals surface area contributed by atoms with E-state index in [0.717, 1.165) is 7.11 Å². The van der Waals surface area contributed by atoms with Crippen LogP contribution in [-0.4, -0.2) is 61.1 Å². The minimum atomic E-state index is -4.42. The molecule has 210 valence electrons. The summed E-state index contributed by atoms with van der Waals surface area (Å²) in [5.74, 6) is -2.30. The molecule has 0 spiro atoms. The highest BCUT2D eigenvalue weighted by Crippen LogP contribution is 2.36. The van der Waals surface area contributed by atoms with Crippen LogP contribution < -0.4 is 11.5 Å². The molecule has 0 radical (unpaired) electrons. The number of anilines is 1. The number of hydrogen-bond donors (Lipinski definition) is 3. The van der Waals surface area contributed by atoms with Crippen molar-refractivity contribution < 1.29 is 43.5 Å². The van der Waals surface area contributed by atoms with E-state index in [1.165, 1.54) is 48.5 Å². The fraction of sp³-hybridized carbons (Fsp3) is 0.227. The summed E-state index contributed by atoms with van der Waals surface area (Å²) in [4.78, 5) is 10.9. The Balaban J connectivity index is 2.04. The number of rotatable bonds is 12. The Kier molecular flexibility index (Phi) is 9.04. The summed E-state index contributed by atoms with van der Waals surface area (Å²) in [6, 6.07) is 10.9. The summed E-state index contributed by atoms with van der Waals surface area (Å²) in [6.45, 7) is -0.508. The van der Waals surface area contributed by atoms with Gasteiger partial charge in [0.2, 0.25) is 5.91 Å².